The number of rotatable bonds is 6. The molecule has 0 bridgehead atoms. The van der Waals surface area contributed by atoms with Crippen molar-refractivity contribution in [3.05, 3.63) is 35.4 Å². The molecule has 1 aliphatic carbocycles. The number of hydrogen-bond donors (Lipinski definition) is 1. The third-order valence-electron chi connectivity index (χ3n) is 4.05. The average molecular weight is 260 g/mol. The van der Waals surface area contributed by atoms with Crippen LogP contribution in [0.25, 0.3) is 0 Å². The van der Waals surface area contributed by atoms with Crippen LogP contribution in [0.1, 0.15) is 50.7 Å². The van der Waals surface area contributed by atoms with Crippen LogP contribution in [0.5, 0.6) is 0 Å². The summed E-state index contributed by atoms with van der Waals surface area (Å²) in [6, 6.07) is 9.55. The first-order chi connectivity index (χ1) is 9.19. The zero-order valence-corrected chi connectivity index (χ0v) is 12.4. The van der Waals surface area contributed by atoms with E-state index in [0.29, 0.717) is 6.54 Å². The summed E-state index contributed by atoms with van der Waals surface area (Å²) >= 11 is 0. The predicted octanol–water partition coefficient (Wildman–Crippen LogP) is 3.55. The van der Waals surface area contributed by atoms with Gasteiger partial charge in [0.2, 0.25) is 0 Å². The highest BCUT2D eigenvalue weighted by molar-refractivity contribution is 5.23. The second-order valence-electron chi connectivity index (χ2n) is 6.29. The van der Waals surface area contributed by atoms with Crippen molar-refractivity contribution in [2.75, 3.05) is 6.54 Å². The van der Waals surface area contributed by atoms with Crippen LogP contribution in [0.3, 0.4) is 0 Å². The highest BCUT2D eigenvalue weighted by Crippen LogP contribution is 2.25. The van der Waals surface area contributed by atoms with E-state index in [1.54, 1.807) is 0 Å². The van der Waals surface area contributed by atoms with Crippen LogP contribution in [0, 0.1) is 5.92 Å². The van der Waals surface area contributed by atoms with Crippen molar-refractivity contribution < 1.29 is 0 Å². The van der Waals surface area contributed by atoms with Gasteiger partial charge in [-0.2, -0.15) is 0 Å². The minimum absolute atomic E-state index is 0.640. The Balaban J connectivity index is 2.05. The van der Waals surface area contributed by atoms with E-state index in [0.717, 1.165) is 18.5 Å². The number of nitrogens with two attached hydrogens (primary N) is 1. The molecule has 0 spiro atoms. The minimum Gasteiger partial charge on any atom is -0.326 e. The summed E-state index contributed by atoms with van der Waals surface area (Å²) in [6.07, 6.45) is 5.57. The van der Waals surface area contributed by atoms with Gasteiger partial charge in [0.15, 0.2) is 0 Å². The summed E-state index contributed by atoms with van der Waals surface area (Å²) in [4.78, 5) is 2.69. The van der Waals surface area contributed by atoms with Gasteiger partial charge in [0.05, 0.1) is 0 Å². The molecule has 1 aromatic carbocycles. The Bertz CT molecular complexity index is 381. The maximum atomic E-state index is 5.74. The Morgan fingerprint density at radius 2 is 1.89 bits per heavy atom. The van der Waals surface area contributed by atoms with Crippen molar-refractivity contribution in [3.8, 4) is 0 Å². The van der Waals surface area contributed by atoms with Crippen LogP contribution in [-0.2, 0) is 13.1 Å². The van der Waals surface area contributed by atoms with Crippen molar-refractivity contribution in [3.63, 3.8) is 0 Å². The van der Waals surface area contributed by atoms with Crippen LogP contribution in [0.15, 0.2) is 24.3 Å². The van der Waals surface area contributed by atoms with E-state index >= 15 is 0 Å². The Labute approximate surface area is 118 Å². The molecular weight excluding hydrogens is 232 g/mol. The first-order valence-corrected chi connectivity index (χ1v) is 7.71. The molecule has 0 saturated heterocycles. The summed E-state index contributed by atoms with van der Waals surface area (Å²) in [5, 5.41) is 0. The topological polar surface area (TPSA) is 29.3 Å². The Morgan fingerprint density at radius 3 is 2.53 bits per heavy atom. The van der Waals surface area contributed by atoms with Crippen LogP contribution >= 0.6 is 0 Å². The fraction of sp³-hybridized carbons (Fsp3) is 0.647. The molecule has 0 atom stereocenters. The molecule has 0 unspecified atom stereocenters. The number of benzene rings is 1. The molecule has 19 heavy (non-hydrogen) atoms. The molecular formula is C17H28N2. The molecule has 0 aliphatic heterocycles. The molecule has 0 heterocycles. The highest BCUT2D eigenvalue weighted by atomic mass is 15.2. The van der Waals surface area contributed by atoms with Gasteiger partial charge in [-0.05, 0) is 29.9 Å². The molecule has 0 amide bonds. The zero-order chi connectivity index (χ0) is 13.7. The lowest BCUT2D eigenvalue weighted by Crippen LogP contribution is -2.35. The van der Waals surface area contributed by atoms with Gasteiger partial charge in [0.25, 0.3) is 0 Å². The Morgan fingerprint density at radius 1 is 1.21 bits per heavy atom. The first kappa shape index (κ1) is 14.5. The number of hydrogen-bond acceptors (Lipinski definition) is 2. The molecule has 1 saturated carbocycles. The fourth-order valence-electron chi connectivity index (χ4n) is 3.17. The van der Waals surface area contributed by atoms with Crippen LogP contribution in [-0.4, -0.2) is 17.5 Å². The average Bonchev–Trinajstić information content (AvgIpc) is 2.91. The van der Waals surface area contributed by atoms with Gasteiger partial charge >= 0.3 is 0 Å². The van der Waals surface area contributed by atoms with E-state index in [4.69, 9.17) is 5.73 Å². The predicted molar refractivity (Wildman–Crippen MR) is 81.8 cm³/mol. The summed E-state index contributed by atoms with van der Waals surface area (Å²) in [5.41, 5.74) is 8.40. The Hall–Kier alpha value is -0.860. The van der Waals surface area contributed by atoms with Crippen LogP contribution in [0.4, 0.5) is 0 Å². The monoisotopic (exact) mass is 260 g/mol. The van der Waals surface area contributed by atoms with Gasteiger partial charge in [0, 0.05) is 25.7 Å². The SMILES string of the molecule is CC(C)CN(Cc1cccc(CN)c1)C1CCCC1. The first-order valence-electron chi connectivity index (χ1n) is 7.71. The van der Waals surface area contributed by atoms with Gasteiger partial charge in [-0.1, -0.05) is 51.0 Å². The summed E-state index contributed by atoms with van der Waals surface area (Å²) in [5.74, 6) is 0.735. The maximum Gasteiger partial charge on any atom is 0.0236 e. The Kier molecular flexibility index (Phi) is 5.41. The second-order valence-corrected chi connectivity index (χ2v) is 6.29. The van der Waals surface area contributed by atoms with E-state index in [-0.39, 0.29) is 0 Å². The molecule has 2 heteroatoms. The summed E-state index contributed by atoms with van der Waals surface area (Å²) in [7, 11) is 0. The standard InChI is InChI=1S/C17H28N2/c1-14(2)12-19(17-8-3-4-9-17)13-16-7-5-6-15(10-16)11-18/h5-7,10,14,17H,3-4,8-9,11-13,18H2,1-2H3. The molecule has 1 aromatic rings. The molecule has 1 aliphatic rings. The molecule has 2 N–H and O–H groups in total. The van der Waals surface area contributed by atoms with Crippen molar-refractivity contribution >= 4 is 0 Å². The largest absolute Gasteiger partial charge is 0.326 e. The lowest BCUT2D eigenvalue weighted by molar-refractivity contribution is 0.168. The molecule has 2 nitrogen and oxygen atoms in total. The smallest absolute Gasteiger partial charge is 0.0236 e. The van der Waals surface area contributed by atoms with Crippen LogP contribution < -0.4 is 5.73 Å². The third kappa shape index (κ3) is 4.32. The third-order valence-corrected chi connectivity index (χ3v) is 4.05. The molecule has 2 rings (SSSR count). The normalized spacial score (nSPS) is 16.7. The summed E-state index contributed by atoms with van der Waals surface area (Å²) < 4.78 is 0. The van der Waals surface area contributed by atoms with Crippen molar-refractivity contribution in [1.82, 2.24) is 4.90 Å². The van der Waals surface area contributed by atoms with E-state index in [9.17, 15) is 0 Å². The highest BCUT2D eigenvalue weighted by Gasteiger charge is 2.23. The van der Waals surface area contributed by atoms with Crippen LogP contribution in [0.2, 0.25) is 0 Å². The van der Waals surface area contributed by atoms with Gasteiger partial charge < -0.3 is 5.73 Å². The quantitative estimate of drug-likeness (QED) is 0.847. The van der Waals surface area contributed by atoms with E-state index < -0.39 is 0 Å². The molecule has 106 valence electrons. The molecule has 1 fully saturated rings. The summed E-state index contributed by atoms with van der Waals surface area (Å²) in [6.45, 7) is 7.56. The number of nitrogens with zero attached hydrogens (tertiary/aromatic N) is 1. The maximum absolute atomic E-state index is 5.74. The lowest BCUT2D eigenvalue weighted by atomic mass is 10.1. The lowest BCUT2D eigenvalue weighted by Gasteiger charge is -2.30. The van der Waals surface area contributed by atoms with Gasteiger partial charge in [-0.25, -0.2) is 0 Å². The van der Waals surface area contributed by atoms with Crippen molar-refractivity contribution in [2.45, 2.75) is 58.7 Å². The molecule has 0 aromatic heterocycles. The van der Waals surface area contributed by atoms with E-state index in [1.165, 1.54) is 43.4 Å². The second kappa shape index (κ2) is 7.06. The minimum atomic E-state index is 0.640. The van der Waals surface area contributed by atoms with Gasteiger partial charge in [-0.3, -0.25) is 4.90 Å². The van der Waals surface area contributed by atoms with Crippen molar-refractivity contribution in [1.29, 1.82) is 0 Å². The van der Waals surface area contributed by atoms with Crippen molar-refractivity contribution in [2.24, 2.45) is 11.7 Å². The fourth-order valence-corrected chi connectivity index (χ4v) is 3.17. The van der Waals surface area contributed by atoms with E-state index in [1.807, 2.05) is 0 Å². The zero-order valence-electron chi connectivity index (χ0n) is 12.4. The molecule has 0 radical (unpaired) electrons. The van der Waals surface area contributed by atoms with Gasteiger partial charge in [-0.15, -0.1) is 0 Å². The van der Waals surface area contributed by atoms with Gasteiger partial charge in [0.1, 0.15) is 0 Å². The van der Waals surface area contributed by atoms with E-state index in [2.05, 4.69) is 43.0 Å².